The van der Waals surface area contributed by atoms with Crippen molar-refractivity contribution in [3.8, 4) is 5.75 Å². The maximum atomic E-state index is 12.7. The summed E-state index contributed by atoms with van der Waals surface area (Å²) in [6, 6.07) is 14.5. The molecule has 2 aliphatic rings. The Labute approximate surface area is 213 Å². The van der Waals surface area contributed by atoms with E-state index in [-0.39, 0.29) is 42.5 Å². The van der Waals surface area contributed by atoms with Gasteiger partial charge in [0, 0.05) is 38.7 Å². The van der Waals surface area contributed by atoms with Crippen LogP contribution >= 0.6 is 24.0 Å². The van der Waals surface area contributed by atoms with Crippen molar-refractivity contribution in [1.82, 2.24) is 15.5 Å². The minimum absolute atomic E-state index is 0. The number of carbonyl (C=O) groups excluding carboxylic acids is 1. The van der Waals surface area contributed by atoms with E-state index in [1.165, 1.54) is 11.1 Å². The second kappa shape index (κ2) is 12.2. The monoisotopic (exact) mass is 564 g/mol. The van der Waals surface area contributed by atoms with Crippen LogP contribution in [-0.4, -0.2) is 56.2 Å². The number of benzene rings is 2. The van der Waals surface area contributed by atoms with Crippen molar-refractivity contribution in [2.45, 2.75) is 39.0 Å². The van der Waals surface area contributed by atoms with Gasteiger partial charge in [0.1, 0.15) is 11.9 Å². The predicted molar refractivity (Wildman–Crippen MR) is 140 cm³/mol. The highest BCUT2D eigenvalue weighted by Crippen LogP contribution is 2.24. The molecule has 1 unspecified atom stereocenters. The first-order valence-electron chi connectivity index (χ1n) is 11.3. The first-order valence-corrected chi connectivity index (χ1v) is 11.3. The highest BCUT2D eigenvalue weighted by Gasteiger charge is 2.21. The fourth-order valence-corrected chi connectivity index (χ4v) is 4.08. The van der Waals surface area contributed by atoms with Crippen LogP contribution in [0.5, 0.6) is 5.75 Å². The molecule has 2 aromatic carbocycles. The highest BCUT2D eigenvalue weighted by atomic mass is 127. The zero-order valence-electron chi connectivity index (χ0n) is 19.3. The zero-order chi connectivity index (χ0) is 22.3. The van der Waals surface area contributed by atoms with Crippen molar-refractivity contribution in [1.29, 1.82) is 0 Å². The van der Waals surface area contributed by atoms with Crippen LogP contribution in [0.15, 0.2) is 47.5 Å². The summed E-state index contributed by atoms with van der Waals surface area (Å²) in [5.41, 5.74) is 4.76. The Balaban J connectivity index is 0.00000306. The van der Waals surface area contributed by atoms with E-state index in [1.54, 1.807) is 7.05 Å². The standard InChI is InChI=1S/C25H32N4O3.HI/c1-18-7-8-20(23(13-18)32-22-10-12-31-17-22)14-27-25(26-2)28-15-24(30)29-11-9-19-5-3-4-6-21(19)16-29;/h3-8,13,22H,9-12,14-17H2,1-2H3,(H2,26,27,28);1H. The summed E-state index contributed by atoms with van der Waals surface area (Å²) in [5.74, 6) is 1.53. The molecule has 2 heterocycles. The summed E-state index contributed by atoms with van der Waals surface area (Å²) in [5, 5.41) is 6.45. The summed E-state index contributed by atoms with van der Waals surface area (Å²) in [4.78, 5) is 18.9. The Morgan fingerprint density at radius 1 is 1.21 bits per heavy atom. The summed E-state index contributed by atoms with van der Waals surface area (Å²) in [7, 11) is 1.71. The van der Waals surface area contributed by atoms with Gasteiger partial charge in [0.05, 0.1) is 19.8 Å². The van der Waals surface area contributed by atoms with Crippen LogP contribution in [0.2, 0.25) is 0 Å². The lowest BCUT2D eigenvalue weighted by Gasteiger charge is -2.29. The third-order valence-corrected chi connectivity index (χ3v) is 5.96. The van der Waals surface area contributed by atoms with Crippen molar-refractivity contribution in [2.75, 3.05) is 33.4 Å². The molecule has 2 N–H and O–H groups in total. The number of aryl methyl sites for hydroxylation is 1. The molecule has 1 fully saturated rings. The molecule has 0 aliphatic carbocycles. The van der Waals surface area contributed by atoms with Crippen LogP contribution in [0.25, 0.3) is 0 Å². The molecule has 0 bridgehead atoms. The summed E-state index contributed by atoms with van der Waals surface area (Å²) >= 11 is 0. The molecule has 8 heteroatoms. The number of nitrogens with zero attached hydrogens (tertiary/aromatic N) is 2. The number of aliphatic imine (C=N–C) groups is 1. The fourth-order valence-electron chi connectivity index (χ4n) is 4.08. The minimum atomic E-state index is 0. The molecule has 1 amide bonds. The Morgan fingerprint density at radius 3 is 2.79 bits per heavy atom. The second-order valence-corrected chi connectivity index (χ2v) is 8.33. The van der Waals surface area contributed by atoms with Gasteiger partial charge >= 0.3 is 0 Å². The topological polar surface area (TPSA) is 75.2 Å². The smallest absolute Gasteiger partial charge is 0.242 e. The molecule has 2 aliphatic heterocycles. The van der Waals surface area contributed by atoms with Crippen LogP contribution in [0.1, 0.15) is 28.7 Å². The van der Waals surface area contributed by atoms with Gasteiger partial charge in [-0.3, -0.25) is 9.79 Å². The number of hydrogen-bond donors (Lipinski definition) is 2. The van der Waals surface area contributed by atoms with E-state index in [1.807, 2.05) is 11.0 Å². The Kier molecular flexibility index (Phi) is 9.37. The average Bonchev–Trinajstić information content (AvgIpc) is 3.33. The van der Waals surface area contributed by atoms with Gasteiger partial charge < -0.3 is 25.0 Å². The van der Waals surface area contributed by atoms with Crippen LogP contribution < -0.4 is 15.4 Å². The number of halogens is 1. The minimum Gasteiger partial charge on any atom is -0.488 e. The molecule has 1 saturated heterocycles. The summed E-state index contributed by atoms with van der Waals surface area (Å²) in [6.07, 6.45) is 1.91. The number of ether oxygens (including phenoxy) is 2. The van der Waals surface area contributed by atoms with Gasteiger partial charge in [0.25, 0.3) is 0 Å². The molecule has 33 heavy (non-hydrogen) atoms. The van der Waals surface area contributed by atoms with E-state index in [0.29, 0.717) is 25.7 Å². The molecular weight excluding hydrogens is 531 g/mol. The van der Waals surface area contributed by atoms with Crippen molar-refractivity contribution >= 4 is 35.8 Å². The third kappa shape index (κ3) is 6.83. The Hall–Kier alpha value is -2.33. The number of nitrogens with one attached hydrogen (secondary N) is 2. The van der Waals surface area contributed by atoms with Crippen LogP contribution in [0, 0.1) is 6.92 Å². The number of guanidine groups is 1. The van der Waals surface area contributed by atoms with Crippen molar-refractivity contribution in [2.24, 2.45) is 4.99 Å². The van der Waals surface area contributed by atoms with E-state index < -0.39 is 0 Å². The van der Waals surface area contributed by atoms with E-state index in [0.717, 1.165) is 42.9 Å². The van der Waals surface area contributed by atoms with Crippen LogP contribution in [0.3, 0.4) is 0 Å². The van der Waals surface area contributed by atoms with E-state index in [4.69, 9.17) is 9.47 Å². The Bertz CT molecular complexity index is 976. The van der Waals surface area contributed by atoms with Gasteiger partial charge in [-0.1, -0.05) is 36.4 Å². The first kappa shape index (κ1) is 25.3. The lowest BCUT2D eigenvalue weighted by Crippen LogP contribution is -2.45. The molecule has 178 valence electrons. The molecule has 4 rings (SSSR count). The van der Waals surface area contributed by atoms with Crippen LogP contribution in [-0.2, 0) is 29.0 Å². The molecule has 0 aromatic heterocycles. The normalized spacial score (nSPS) is 17.7. The number of hydrogen-bond acceptors (Lipinski definition) is 4. The van der Waals surface area contributed by atoms with Gasteiger partial charge in [-0.05, 0) is 36.1 Å². The molecule has 2 aromatic rings. The SMILES string of the molecule is CN=C(NCC(=O)N1CCc2ccccc2C1)NCc1ccc(C)cc1OC1CCOC1.I. The number of fused-ring (bicyclic) bond motifs is 1. The zero-order valence-corrected chi connectivity index (χ0v) is 21.6. The number of carbonyl (C=O) groups is 1. The quantitative estimate of drug-likeness (QED) is 0.321. The summed E-state index contributed by atoms with van der Waals surface area (Å²) in [6.45, 7) is 5.60. The predicted octanol–water partition coefficient (Wildman–Crippen LogP) is 3.03. The molecule has 0 saturated carbocycles. The molecule has 7 nitrogen and oxygen atoms in total. The maximum Gasteiger partial charge on any atom is 0.242 e. The third-order valence-electron chi connectivity index (χ3n) is 5.96. The largest absolute Gasteiger partial charge is 0.488 e. The van der Waals surface area contributed by atoms with Crippen LogP contribution in [0.4, 0.5) is 0 Å². The van der Waals surface area contributed by atoms with Gasteiger partial charge in [-0.15, -0.1) is 24.0 Å². The lowest BCUT2D eigenvalue weighted by atomic mass is 10.00. The van der Waals surface area contributed by atoms with Gasteiger partial charge in [-0.25, -0.2) is 0 Å². The molecular formula is C25H33IN4O3. The highest BCUT2D eigenvalue weighted by molar-refractivity contribution is 14.0. The average molecular weight is 564 g/mol. The van der Waals surface area contributed by atoms with E-state index >= 15 is 0 Å². The molecule has 0 spiro atoms. The van der Waals surface area contributed by atoms with Gasteiger partial charge in [0.15, 0.2) is 5.96 Å². The van der Waals surface area contributed by atoms with E-state index in [9.17, 15) is 4.79 Å². The van der Waals surface area contributed by atoms with E-state index in [2.05, 4.69) is 58.9 Å². The first-order chi connectivity index (χ1) is 15.6. The van der Waals surface area contributed by atoms with Gasteiger partial charge in [-0.2, -0.15) is 0 Å². The maximum absolute atomic E-state index is 12.7. The van der Waals surface area contributed by atoms with Gasteiger partial charge in [0.2, 0.25) is 5.91 Å². The molecule has 0 radical (unpaired) electrons. The summed E-state index contributed by atoms with van der Waals surface area (Å²) < 4.78 is 11.6. The lowest BCUT2D eigenvalue weighted by molar-refractivity contribution is -0.130. The van der Waals surface area contributed by atoms with Crippen molar-refractivity contribution < 1.29 is 14.3 Å². The van der Waals surface area contributed by atoms with Crippen molar-refractivity contribution in [3.63, 3.8) is 0 Å². The Morgan fingerprint density at radius 2 is 2.03 bits per heavy atom. The number of rotatable bonds is 6. The number of amides is 1. The fraction of sp³-hybridized carbons (Fsp3) is 0.440. The molecule has 1 atom stereocenters. The van der Waals surface area contributed by atoms with Crippen molar-refractivity contribution in [3.05, 3.63) is 64.7 Å². The second-order valence-electron chi connectivity index (χ2n) is 8.33.